The van der Waals surface area contributed by atoms with Gasteiger partial charge in [-0.15, -0.1) is 0 Å². The second-order valence-corrected chi connectivity index (χ2v) is 6.51. The lowest BCUT2D eigenvalue weighted by molar-refractivity contribution is -0.116. The minimum absolute atomic E-state index is 0.0425. The lowest BCUT2D eigenvalue weighted by Gasteiger charge is -2.13. The van der Waals surface area contributed by atoms with Crippen molar-refractivity contribution in [3.63, 3.8) is 0 Å². The van der Waals surface area contributed by atoms with Gasteiger partial charge in [0.1, 0.15) is 5.75 Å². The Bertz CT molecular complexity index is 718. The van der Waals surface area contributed by atoms with Crippen molar-refractivity contribution in [3.8, 4) is 5.75 Å². The molecular formula is C19H22Cl2N2O2. The first-order valence-corrected chi connectivity index (χ1v) is 8.94. The molecule has 0 bridgehead atoms. The summed E-state index contributed by atoms with van der Waals surface area (Å²) in [5, 5.41) is 7.23. The summed E-state index contributed by atoms with van der Waals surface area (Å²) >= 11 is 12.2. The first-order valence-electron chi connectivity index (χ1n) is 8.19. The van der Waals surface area contributed by atoms with Gasteiger partial charge < -0.3 is 15.4 Å². The number of carbonyl (C=O) groups is 1. The summed E-state index contributed by atoms with van der Waals surface area (Å²) in [6.45, 7) is 2.58. The standard InChI is InChI=1S/C19H22Cl2N2O2/c1-3-4-5-18(24)23-16-8-6-15(7-9-16)22-12-13-10-14(20)11-17(21)19(13)25-2/h6-11,22H,3-5,12H2,1-2H3,(H,23,24). The minimum atomic E-state index is 0.0425. The van der Waals surface area contributed by atoms with Crippen LogP contribution in [0.1, 0.15) is 31.7 Å². The zero-order valence-electron chi connectivity index (χ0n) is 14.4. The van der Waals surface area contributed by atoms with Crippen molar-refractivity contribution in [3.05, 3.63) is 52.0 Å². The number of rotatable bonds is 8. The van der Waals surface area contributed by atoms with Gasteiger partial charge in [-0.1, -0.05) is 36.5 Å². The van der Waals surface area contributed by atoms with E-state index in [0.717, 1.165) is 29.8 Å². The zero-order valence-corrected chi connectivity index (χ0v) is 15.9. The van der Waals surface area contributed by atoms with E-state index in [1.807, 2.05) is 30.3 Å². The Balaban J connectivity index is 1.97. The predicted octanol–water partition coefficient (Wildman–Crippen LogP) is 5.74. The molecule has 0 fully saturated rings. The van der Waals surface area contributed by atoms with Crippen LogP contribution in [0.4, 0.5) is 11.4 Å². The second-order valence-electron chi connectivity index (χ2n) is 5.66. The number of ether oxygens (including phenoxy) is 1. The van der Waals surface area contributed by atoms with Crippen molar-refractivity contribution in [2.24, 2.45) is 0 Å². The van der Waals surface area contributed by atoms with Crippen LogP contribution in [0, 0.1) is 0 Å². The Labute approximate surface area is 158 Å². The highest BCUT2D eigenvalue weighted by molar-refractivity contribution is 6.35. The van der Waals surface area contributed by atoms with E-state index in [-0.39, 0.29) is 5.91 Å². The van der Waals surface area contributed by atoms with Crippen LogP contribution >= 0.6 is 23.2 Å². The molecule has 0 atom stereocenters. The molecule has 134 valence electrons. The van der Waals surface area contributed by atoms with E-state index in [1.54, 1.807) is 13.2 Å². The quantitative estimate of drug-likeness (QED) is 0.613. The second kappa shape index (κ2) is 9.54. The highest BCUT2D eigenvalue weighted by Gasteiger charge is 2.10. The van der Waals surface area contributed by atoms with E-state index >= 15 is 0 Å². The number of amides is 1. The summed E-state index contributed by atoms with van der Waals surface area (Å²) in [5.74, 6) is 0.652. The summed E-state index contributed by atoms with van der Waals surface area (Å²) in [5.41, 5.74) is 2.58. The van der Waals surface area contributed by atoms with Gasteiger partial charge in [-0.2, -0.15) is 0 Å². The van der Waals surface area contributed by atoms with Gasteiger partial charge in [-0.3, -0.25) is 4.79 Å². The number of halogens is 2. The van der Waals surface area contributed by atoms with Gasteiger partial charge in [0.05, 0.1) is 12.1 Å². The summed E-state index contributed by atoms with van der Waals surface area (Å²) in [6, 6.07) is 11.0. The van der Waals surface area contributed by atoms with Crippen LogP contribution in [0.25, 0.3) is 0 Å². The van der Waals surface area contributed by atoms with Crippen LogP contribution in [0.3, 0.4) is 0 Å². The number of unbranched alkanes of at least 4 members (excludes halogenated alkanes) is 1. The molecule has 0 saturated heterocycles. The monoisotopic (exact) mass is 380 g/mol. The molecular weight excluding hydrogens is 359 g/mol. The first-order chi connectivity index (χ1) is 12.0. The van der Waals surface area contributed by atoms with E-state index in [4.69, 9.17) is 27.9 Å². The maximum Gasteiger partial charge on any atom is 0.224 e. The Morgan fingerprint density at radius 3 is 2.44 bits per heavy atom. The van der Waals surface area contributed by atoms with Crippen LogP contribution in [-0.2, 0) is 11.3 Å². The fourth-order valence-electron chi connectivity index (χ4n) is 2.40. The van der Waals surface area contributed by atoms with Crippen molar-refractivity contribution in [1.29, 1.82) is 0 Å². The van der Waals surface area contributed by atoms with Gasteiger partial charge in [-0.25, -0.2) is 0 Å². The molecule has 0 aliphatic rings. The molecule has 0 saturated carbocycles. The largest absolute Gasteiger partial charge is 0.495 e. The van der Waals surface area contributed by atoms with E-state index in [2.05, 4.69) is 17.6 Å². The fourth-order valence-corrected chi connectivity index (χ4v) is 3.02. The smallest absolute Gasteiger partial charge is 0.224 e. The summed E-state index contributed by atoms with van der Waals surface area (Å²) in [6.07, 6.45) is 2.45. The fraction of sp³-hybridized carbons (Fsp3) is 0.316. The molecule has 2 N–H and O–H groups in total. The molecule has 6 heteroatoms. The normalized spacial score (nSPS) is 10.4. The Morgan fingerprint density at radius 2 is 1.80 bits per heavy atom. The maximum absolute atomic E-state index is 11.7. The molecule has 0 aliphatic heterocycles. The topological polar surface area (TPSA) is 50.4 Å². The first kappa shape index (κ1) is 19.4. The van der Waals surface area contributed by atoms with Crippen molar-refractivity contribution in [1.82, 2.24) is 0 Å². The molecule has 0 radical (unpaired) electrons. The Morgan fingerprint density at radius 1 is 1.12 bits per heavy atom. The molecule has 1 amide bonds. The van der Waals surface area contributed by atoms with Gasteiger partial charge >= 0.3 is 0 Å². The Hall–Kier alpha value is -1.91. The van der Waals surface area contributed by atoms with E-state index in [9.17, 15) is 4.79 Å². The zero-order chi connectivity index (χ0) is 18.2. The SMILES string of the molecule is CCCCC(=O)Nc1ccc(NCc2cc(Cl)cc(Cl)c2OC)cc1. The highest BCUT2D eigenvalue weighted by Crippen LogP contribution is 2.32. The summed E-state index contributed by atoms with van der Waals surface area (Å²) in [4.78, 5) is 11.7. The van der Waals surface area contributed by atoms with Gasteiger partial charge in [0, 0.05) is 34.9 Å². The van der Waals surface area contributed by atoms with Gasteiger partial charge in [0.15, 0.2) is 0 Å². The molecule has 0 heterocycles. The molecule has 2 rings (SSSR count). The van der Waals surface area contributed by atoms with Crippen LogP contribution in [0.5, 0.6) is 5.75 Å². The molecule has 0 spiro atoms. The summed E-state index contributed by atoms with van der Waals surface area (Å²) < 4.78 is 5.34. The molecule has 2 aromatic rings. The lowest BCUT2D eigenvalue weighted by Crippen LogP contribution is -2.10. The van der Waals surface area contributed by atoms with E-state index in [1.165, 1.54) is 0 Å². The molecule has 0 aliphatic carbocycles. The van der Waals surface area contributed by atoms with Crippen LogP contribution in [0.15, 0.2) is 36.4 Å². The number of benzene rings is 2. The predicted molar refractivity (Wildman–Crippen MR) is 105 cm³/mol. The third-order valence-corrected chi connectivity index (χ3v) is 4.20. The molecule has 4 nitrogen and oxygen atoms in total. The average molecular weight is 381 g/mol. The molecule has 0 aromatic heterocycles. The highest BCUT2D eigenvalue weighted by atomic mass is 35.5. The van der Waals surface area contributed by atoms with Crippen molar-refractivity contribution < 1.29 is 9.53 Å². The third kappa shape index (κ3) is 5.83. The van der Waals surface area contributed by atoms with Crippen LogP contribution in [-0.4, -0.2) is 13.0 Å². The van der Waals surface area contributed by atoms with Crippen molar-refractivity contribution in [2.75, 3.05) is 17.7 Å². The summed E-state index contributed by atoms with van der Waals surface area (Å²) in [7, 11) is 1.58. The Kier molecular flexibility index (Phi) is 7.41. The van der Waals surface area contributed by atoms with E-state index in [0.29, 0.717) is 28.8 Å². The van der Waals surface area contributed by atoms with Crippen LogP contribution < -0.4 is 15.4 Å². The van der Waals surface area contributed by atoms with E-state index < -0.39 is 0 Å². The molecule has 25 heavy (non-hydrogen) atoms. The number of methoxy groups -OCH3 is 1. The maximum atomic E-state index is 11.7. The van der Waals surface area contributed by atoms with Gasteiger partial charge in [-0.05, 0) is 42.8 Å². The number of nitrogens with one attached hydrogen (secondary N) is 2. The average Bonchev–Trinajstić information content (AvgIpc) is 2.59. The number of hydrogen-bond donors (Lipinski definition) is 2. The third-order valence-electron chi connectivity index (χ3n) is 3.70. The molecule has 0 unspecified atom stereocenters. The van der Waals surface area contributed by atoms with Crippen molar-refractivity contribution in [2.45, 2.75) is 32.7 Å². The number of carbonyl (C=O) groups excluding carboxylic acids is 1. The van der Waals surface area contributed by atoms with Gasteiger partial charge in [0.25, 0.3) is 0 Å². The molecule has 2 aromatic carbocycles. The lowest BCUT2D eigenvalue weighted by atomic mass is 10.2. The number of anilines is 2. The number of hydrogen-bond acceptors (Lipinski definition) is 3. The van der Waals surface area contributed by atoms with Crippen molar-refractivity contribution >= 4 is 40.5 Å². The van der Waals surface area contributed by atoms with Gasteiger partial charge in [0.2, 0.25) is 5.91 Å². The van der Waals surface area contributed by atoms with Crippen LogP contribution in [0.2, 0.25) is 10.0 Å². The minimum Gasteiger partial charge on any atom is -0.495 e.